The Hall–Kier alpha value is -0.910. The molecular weight excluding hydrogens is 220 g/mol. The van der Waals surface area contributed by atoms with E-state index in [4.69, 9.17) is 0 Å². The van der Waals surface area contributed by atoms with E-state index in [-0.39, 0.29) is 0 Å². The summed E-state index contributed by atoms with van der Waals surface area (Å²) in [5, 5.41) is 5.49. The zero-order chi connectivity index (χ0) is 10.8. The molecule has 2 aromatic heterocycles. The molecule has 1 fully saturated rings. The van der Waals surface area contributed by atoms with Gasteiger partial charge < -0.3 is 5.32 Å². The monoisotopic (exact) mass is 236 g/mol. The minimum absolute atomic E-state index is 0.982. The van der Waals surface area contributed by atoms with E-state index in [0.717, 1.165) is 31.1 Å². The highest BCUT2D eigenvalue weighted by molar-refractivity contribution is 7.15. The third kappa shape index (κ3) is 2.11. The first-order valence-corrected chi connectivity index (χ1v) is 6.64. The van der Waals surface area contributed by atoms with Crippen molar-refractivity contribution in [1.29, 1.82) is 0 Å². The van der Waals surface area contributed by atoms with Gasteiger partial charge in [0.1, 0.15) is 0 Å². The van der Waals surface area contributed by atoms with Crippen LogP contribution in [0.2, 0.25) is 0 Å². The van der Waals surface area contributed by atoms with Gasteiger partial charge in [-0.25, -0.2) is 4.98 Å². The maximum Gasteiger partial charge on any atom is 0.193 e. The highest BCUT2D eigenvalue weighted by Gasteiger charge is 2.11. The number of imidazole rings is 1. The van der Waals surface area contributed by atoms with Gasteiger partial charge in [-0.05, 0) is 19.5 Å². The fraction of sp³-hybridized carbons (Fsp3) is 0.545. The second-order valence-electron chi connectivity index (χ2n) is 4.20. The predicted octanol–water partition coefficient (Wildman–Crippen LogP) is 1.19. The van der Waals surface area contributed by atoms with Crippen LogP contribution in [0, 0.1) is 0 Å². The van der Waals surface area contributed by atoms with Gasteiger partial charge in [0, 0.05) is 37.4 Å². The average Bonchev–Trinajstić information content (AvgIpc) is 2.72. The molecule has 86 valence electrons. The van der Waals surface area contributed by atoms with Crippen LogP contribution in [0.3, 0.4) is 0 Å². The molecule has 1 aliphatic heterocycles. The summed E-state index contributed by atoms with van der Waals surface area (Å²) < 4.78 is 2.11. The molecule has 4 nitrogen and oxygen atoms in total. The van der Waals surface area contributed by atoms with Crippen molar-refractivity contribution in [3.63, 3.8) is 0 Å². The van der Waals surface area contributed by atoms with Crippen molar-refractivity contribution >= 4 is 16.3 Å². The van der Waals surface area contributed by atoms with Crippen LogP contribution in [0.25, 0.3) is 4.96 Å². The van der Waals surface area contributed by atoms with Gasteiger partial charge in [-0.2, -0.15) is 0 Å². The van der Waals surface area contributed by atoms with Crippen molar-refractivity contribution in [2.24, 2.45) is 0 Å². The molecule has 16 heavy (non-hydrogen) atoms. The Kier molecular flexibility index (Phi) is 2.90. The summed E-state index contributed by atoms with van der Waals surface area (Å²) in [4.78, 5) is 8.20. The largest absolute Gasteiger partial charge is 0.315 e. The Labute approximate surface area is 98.9 Å². The molecule has 0 amide bonds. The van der Waals surface area contributed by atoms with Gasteiger partial charge in [-0.1, -0.05) is 0 Å². The van der Waals surface area contributed by atoms with E-state index < -0.39 is 0 Å². The maximum absolute atomic E-state index is 4.62. The van der Waals surface area contributed by atoms with Crippen LogP contribution in [-0.4, -0.2) is 40.5 Å². The van der Waals surface area contributed by atoms with Gasteiger partial charge in [0.25, 0.3) is 0 Å². The number of hydrogen-bond acceptors (Lipinski definition) is 4. The van der Waals surface area contributed by atoms with E-state index >= 15 is 0 Å². The Balaban J connectivity index is 1.71. The van der Waals surface area contributed by atoms with E-state index in [1.165, 1.54) is 18.7 Å². The molecule has 0 radical (unpaired) electrons. The number of hydrogen-bond donors (Lipinski definition) is 1. The van der Waals surface area contributed by atoms with Gasteiger partial charge in [0.05, 0.1) is 5.69 Å². The second kappa shape index (κ2) is 4.53. The zero-order valence-electron chi connectivity index (χ0n) is 9.22. The van der Waals surface area contributed by atoms with Crippen molar-refractivity contribution in [2.75, 3.05) is 26.2 Å². The summed E-state index contributed by atoms with van der Waals surface area (Å²) >= 11 is 1.70. The molecule has 3 rings (SSSR count). The molecule has 1 N–H and O–H groups in total. The first kappa shape index (κ1) is 10.3. The van der Waals surface area contributed by atoms with Crippen LogP contribution >= 0.6 is 11.3 Å². The number of thiazole rings is 1. The maximum atomic E-state index is 4.62. The molecule has 0 unspecified atom stereocenters. The fourth-order valence-corrected chi connectivity index (χ4v) is 2.86. The van der Waals surface area contributed by atoms with Gasteiger partial charge >= 0.3 is 0 Å². The third-order valence-electron chi connectivity index (χ3n) is 2.96. The lowest BCUT2D eigenvalue weighted by Gasteiger charge is -2.17. The number of aromatic nitrogens is 2. The highest BCUT2D eigenvalue weighted by atomic mass is 32.1. The molecule has 1 aliphatic rings. The molecular formula is C11H16N4S. The summed E-state index contributed by atoms with van der Waals surface area (Å²) in [7, 11) is 0. The lowest BCUT2D eigenvalue weighted by Crippen LogP contribution is -2.27. The molecule has 1 saturated heterocycles. The fourth-order valence-electron chi connectivity index (χ4n) is 2.14. The number of nitrogens with zero attached hydrogens (tertiary/aromatic N) is 3. The molecule has 0 spiro atoms. The molecule has 5 heteroatoms. The molecule has 0 aromatic carbocycles. The van der Waals surface area contributed by atoms with Crippen LogP contribution in [0.15, 0.2) is 17.8 Å². The van der Waals surface area contributed by atoms with E-state index in [2.05, 4.69) is 37.4 Å². The highest BCUT2D eigenvalue weighted by Crippen LogP contribution is 2.13. The van der Waals surface area contributed by atoms with E-state index in [1.54, 1.807) is 11.3 Å². The minimum Gasteiger partial charge on any atom is -0.315 e. The first-order chi connectivity index (χ1) is 7.92. The lowest BCUT2D eigenvalue weighted by atomic mass is 10.3. The smallest absolute Gasteiger partial charge is 0.193 e. The summed E-state index contributed by atoms with van der Waals surface area (Å²) in [6.07, 6.45) is 5.45. The number of fused-ring (bicyclic) bond motifs is 1. The summed E-state index contributed by atoms with van der Waals surface area (Å²) in [6, 6.07) is 0. The van der Waals surface area contributed by atoms with Crippen LogP contribution in [0.4, 0.5) is 0 Å². The van der Waals surface area contributed by atoms with E-state index in [0.29, 0.717) is 0 Å². The normalized spacial score (nSPS) is 19.0. The van der Waals surface area contributed by atoms with Gasteiger partial charge in [0.15, 0.2) is 4.96 Å². The van der Waals surface area contributed by atoms with Crippen LogP contribution in [-0.2, 0) is 6.54 Å². The van der Waals surface area contributed by atoms with Crippen LogP contribution in [0.1, 0.15) is 12.1 Å². The van der Waals surface area contributed by atoms with Gasteiger partial charge in [-0.3, -0.25) is 9.30 Å². The Morgan fingerprint density at radius 3 is 3.31 bits per heavy atom. The van der Waals surface area contributed by atoms with Crippen LogP contribution < -0.4 is 5.32 Å². The molecule has 0 saturated carbocycles. The van der Waals surface area contributed by atoms with Crippen molar-refractivity contribution in [3.05, 3.63) is 23.5 Å². The van der Waals surface area contributed by atoms with Gasteiger partial charge in [-0.15, -0.1) is 11.3 Å². The van der Waals surface area contributed by atoms with Crippen molar-refractivity contribution < 1.29 is 0 Å². The summed E-state index contributed by atoms with van der Waals surface area (Å²) in [5.41, 5.74) is 1.19. The van der Waals surface area contributed by atoms with E-state index in [9.17, 15) is 0 Å². The zero-order valence-corrected chi connectivity index (χ0v) is 10.0. The van der Waals surface area contributed by atoms with Crippen molar-refractivity contribution in [2.45, 2.75) is 13.0 Å². The minimum atomic E-state index is 0.982. The molecule has 2 aromatic rings. The molecule has 0 atom stereocenters. The van der Waals surface area contributed by atoms with Crippen molar-refractivity contribution in [1.82, 2.24) is 19.6 Å². The van der Waals surface area contributed by atoms with Crippen molar-refractivity contribution in [3.8, 4) is 0 Å². The lowest BCUT2D eigenvalue weighted by molar-refractivity contribution is 0.281. The molecule has 3 heterocycles. The summed E-state index contributed by atoms with van der Waals surface area (Å²) in [6.45, 7) is 5.54. The Bertz CT molecular complexity index is 425. The third-order valence-corrected chi connectivity index (χ3v) is 3.73. The summed E-state index contributed by atoms with van der Waals surface area (Å²) in [5.74, 6) is 0. The quantitative estimate of drug-likeness (QED) is 0.850. The predicted molar refractivity (Wildman–Crippen MR) is 65.8 cm³/mol. The average molecular weight is 236 g/mol. The number of nitrogens with one attached hydrogen (secondary N) is 1. The topological polar surface area (TPSA) is 32.6 Å². The standard InChI is InChI=1S/C11H16N4S/c1-2-12-3-5-14(4-1)8-10-9-15-6-7-16-11(15)13-10/h6-7,9,12H,1-5,8H2. The van der Waals surface area contributed by atoms with E-state index in [1.807, 2.05) is 0 Å². The second-order valence-corrected chi connectivity index (χ2v) is 5.08. The Morgan fingerprint density at radius 2 is 2.38 bits per heavy atom. The molecule has 0 bridgehead atoms. The number of rotatable bonds is 2. The van der Waals surface area contributed by atoms with Gasteiger partial charge in [0.2, 0.25) is 0 Å². The SMILES string of the molecule is c1cn2cc(CN3CCCNCC3)nc2s1. The first-order valence-electron chi connectivity index (χ1n) is 5.76. The Morgan fingerprint density at radius 1 is 1.38 bits per heavy atom. The van der Waals surface area contributed by atoms with Crippen LogP contribution in [0.5, 0.6) is 0 Å². The molecule has 0 aliphatic carbocycles.